The van der Waals surface area contributed by atoms with Crippen LogP contribution in [0.1, 0.15) is 30.1 Å². The molecule has 0 bridgehead atoms. The van der Waals surface area contributed by atoms with Gasteiger partial charge in [-0.3, -0.25) is 14.9 Å². The highest BCUT2D eigenvalue weighted by Crippen LogP contribution is 2.26. The predicted molar refractivity (Wildman–Crippen MR) is 89.5 cm³/mol. The van der Waals surface area contributed by atoms with Gasteiger partial charge in [0.1, 0.15) is 5.69 Å². The molecule has 0 unspecified atom stereocenters. The first-order chi connectivity index (χ1) is 11.9. The van der Waals surface area contributed by atoms with Gasteiger partial charge in [0.05, 0.1) is 17.1 Å². The van der Waals surface area contributed by atoms with Crippen molar-refractivity contribution in [3.8, 4) is 0 Å². The Kier molecular flexibility index (Phi) is 6.29. The number of hydrogen-bond acceptors (Lipinski definition) is 7. The number of methoxy groups -OCH3 is 1. The second-order valence-corrected chi connectivity index (χ2v) is 5.74. The van der Waals surface area contributed by atoms with Gasteiger partial charge in [0.15, 0.2) is 6.10 Å². The van der Waals surface area contributed by atoms with Gasteiger partial charge in [-0.15, -0.1) is 0 Å². The lowest BCUT2D eigenvalue weighted by Crippen LogP contribution is -2.37. The van der Waals surface area contributed by atoms with E-state index in [0.29, 0.717) is 13.2 Å². The number of ether oxygens (including phenoxy) is 2. The minimum atomic E-state index is -0.966. The summed E-state index contributed by atoms with van der Waals surface area (Å²) in [4.78, 5) is 34.6. The summed E-state index contributed by atoms with van der Waals surface area (Å²) in [5.74, 6) is -1.16. The summed E-state index contributed by atoms with van der Waals surface area (Å²) in [5, 5.41) is 16.8. The lowest BCUT2D eigenvalue weighted by molar-refractivity contribution is -0.384. The Morgan fingerprint density at radius 1 is 1.40 bits per heavy atom. The third kappa shape index (κ3) is 5.42. The topological polar surface area (TPSA) is 120 Å². The van der Waals surface area contributed by atoms with Crippen LogP contribution in [0.2, 0.25) is 0 Å². The summed E-state index contributed by atoms with van der Waals surface area (Å²) < 4.78 is 9.97. The van der Waals surface area contributed by atoms with Gasteiger partial charge in [0, 0.05) is 25.8 Å². The first-order valence-electron chi connectivity index (χ1n) is 7.95. The molecule has 2 N–H and O–H groups in total. The molecule has 1 amide bonds. The molecule has 25 heavy (non-hydrogen) atoms. The number of benzene rings is 1. The molecule has 0 saturated heterocycles. The highest BCUT2D eigenvalue weighted by atomic mass is 16.6. The van der Waals surface area contributed by atoms with E-state index in [1.165, 1.54) is 26.2 Å². The fourth-order valence-electron chi connectivity index (χ4n) is 2.08. The summed E-state index contributed by atoms with van der Waals surface area (Å²) in [6.07, 6.45) is 0.887. The quantitative estimate of drug-likeness (QED) is 0.299. The highest BCUT2D eigenvalue weighted by Gasteiger charge is 2.28. The minimum absolute atomic E-state index is 0.00932. The SMILES string of the molecule is COCCNc1ccc(C(=O)O[C@@H](C)C(=O)NC2CC2)cc1[N+](=O)[O-]. The van der Waals surface area contributed by atoms with Crippen LogP contribution in [0, 0.1) is 10.1 Å². The lowest BCUT2D eigenvalue weighted by Gasteiger charge is -2.13. The zero-order valence-electron chi connectivity index (χ0n) is 14.1. The molecule has 1 fully saturated rings. The molecule has 9 heteroatoms. The molecule has 0 aromatic heterocycles. The van der Waals surface area contributed by atoms with Crippen molar-refractivity contribution >= 4 is 23.3 Å². The molecule has 9 nitrogen and oxygen atoms in total. The smallest absolute Gasteiger partial charge is 0.339 e. The molecular weight excluding hydrogens is 330 g/mol. The fourth-order valence-corrected chi connectivity index (χ4v) is 2.08. The summed E-state index contributed by atoms with van der Waals surface area (Å²) in [6.45, 7) is 2.23. The number of nitrogens with one attached hydrogen (secondary N) is 2. The number of nitro groups is 1. The Morgan fingerprint density at radius 3 is 2.72 bits per heavy atom. The number of nitrogens with zero attached hydrogens (tertiary/aromatic N) is 1. The minimum Gasteiger partial charge on any atom is -0.449 e. The van der Waals surface area contributed by atoms with Crippen LogP contribution in [0.4, 0.5) is 11.4 Å². The summed E-state index contributed by atoms with van der Waals surface area (Å²) >= 11 is 0. The number of rotatable bonds is 9. The van der Waals surface area contributed by atoms with E-state index in [1.807, 2.05) is 0 Å². The van der Waals surface area contributed by atoms with Crippen molar-refractivity contribution in [2.24, 2.45) is 0 Å². The summed E-state index contributed by atoms with van der Waals surface area (Å²) in [7, 11) is 1.52. The van der Waals surface area contributed by atoms with Gasteiger partial charge in [-0.2, -0.15) is 0 Å². The lowest BCUT2D eigenvalue weighted by atomic mass is 10.1. The Balaban J connectivity index is 2.04. The van der Waals surface area contributed by atoms with E-state index < -0.39 is 17.0 Å². The third-order valence-corrected chi connectivity index (χ3v) is 3.63. The van der Waals surface area contributed by atoms with E-state index in [1.54, 1.807) is 0 Å². The zero-order chi connectivity index (χ0) is 18.4. The number of carbonyl (C=O) groups is 2. The Labute approximate surface area is 144 Å². The molecule has 1 aromatic rings. The van der Waals surface area contributed by atoms with Gasteiger partial charge in [-0.05, 0) is 31.9 Å². The van der Waals surface area contributed by atoms with Crippen LogP contribution in [0.3, 0.4) is 0 Å². The summed E-state index contributed by atoms with van der Waals surface area (Å²) in [6, 6.07) is 4.13. The largest absolute Gasteiger partial charge is 0.449 e. The first kappa shape index (κ1) is 18.7. The van der Waals surface area contributed by atoms with Crippen LogP contribution >= 0.6 is 0 Å². The average Bonchev–Trinajstić information content (AvgIpc) is 3.38. The molecule has 0 heterocycles. The third-order valence-electron chi connectivity index (χ3n) is 3.63. The van der Waals surface area contributed by atoms with Crippen molar-refractivity contribution in [2.75, 3.05) is 25.6 Å². The molecule has 1 aromatic carbocycles. The van der Waals surface area contributed by atoms with Crippen molar-refractivity contribution in [3.63, 3.8) is 0 Å². The van der Waals surface area contributed by atoms with E-state index >= 15 is 0 Å². The van der Waals surface area contributed by atoms with Crippen LogP contribution in [-0.2, 0) is 14.3 Å². The van der Waals surface area contributed by atoms with E-state index in [2.05, 4.69) is 10.6 Å². The van der Waals surface area contributed by atoms with E-state index in [4.69, 9.17) is 9.47 Å². The van der Waals surface area contributed by atoms with Gasteiger partial charge in [0.25, 0.3) is 11.6 Å². The second-order valence-electron chi connectivity index (χ2n) is 5.74. The molecule has 2 rings (SSSR count). The molecule has 1 saturated carbocycles. The number of amides is 1. The maximum Gasteiger partial charge on any atom is 0.339 e. The van der Waals surface area contributed by atoms with Crippen LogP contribution in [0.15, 0.2) is 18.2 Å². The molecule has 0 radical (unpaired) electrons. The van der Waals surface area contributed by atoms with Gasteiger partial charge in [-0.1, -0.05) is 0 Å². The molecule has 1 aliphatic carbocycles. The predicted octanol–water partition coefficient (Wildman–Crippen LogP) is 1.48. The molecule has 1 aliphatic rings. The Bertz CT molecular complexity index is 659. The van der Waals surface area contributed by atoms with Crippen molar-refractivity contribution < 1.29 is 24.0 Å². The van der Waals surface area contributed by atoms with Crippen molar-refractivity contribution in [1.82, 2.24) is 5.32 Å². The Hall–Kier alpha value is -2.68. The molecule has 0 spiro atoms. The standard InChI is InChI=1S/C16H21N3O6/c1-10(15(20)18-12-4-5-12)25-16(21)11-3-6-13(17-7-8-24-2)14(9-11)19(22)23/h3,6,9-10,12,17H,4-5,7-8H2,1-2H3,(H,18,20)/t10-/m0/s1. The van der Waals surface area contributed by atoms with Crippen molar-refractivity contribution in [2.45, 2.75) is 31.9 Å². The normalized spacial score (nSPS) is 14.5. The molecule has 136 valence electrons. The van der Waals surface area contributed by atoms with Crippen LogP contribution < -0.4 is 10.6 Å². The number of anilines is 1. The maximum atomic E-state index is 12.1. The highest BCUT2D eigenvalue weighted by molar-refractivity contribution is 5.93. The fraction of sp³-hybridized carbons (Fsp3) is 0.500. The van der Waals surface area contributed by atoms with Crippen molar-refractivity contribution in [3.05, 3.63) is 33.9 Å². The average molecular weight is 351 g/mol. The van der Waals surface area contributed by atoms with Crippen molar-refractivity contribution in [1.29, 1.82) is 0 Å². The van der Waals surface area contributed by atoms with Crippen LogP contribution in [0.5, 0.6) is 0 Å². The van der Waals surface area contributed by atoms with E-state index in [9.17, 15) is 19.7 Å². The monoisotopic (exact) mass is 351 g/mol. The summed E-state index contributed by atoms with van der Waals surface area (Å²) in [5.41, 5.74) is 0.0360. The maximum absolute atomic E-state index is 12.1. The number of hydrogen-bond donors (Lipinski definition) is 2. The molecular formula is C16H21N3O6. The van der Waals surface area contributed by atoms with Gasteiger partial charge < -0.3 is 20.1 Å². The number of carbonyl (C=O) groups excluding carboxylic acids is 2. The Morgan fingerprint density at radius 2 is 2.12 bits per heavy atom. The molecule has 0 aliphatic heterocycles. The van der Waals surface area contributed by atoms with Gasteiger partial charge in [-0.25, -0.2) is 4.79 Å². The zero-order valence-corrected chi connectivity index (χ0v) is 14.1. The van der Waals surface area contributed by atoms with Gasteiger partial charge in [0.2, 0.25) is 0 Å². The second kappa shape index (κ2) is 8.43. The van der Waals surface area contributed by atoms with E-state index in [0.717, 1.165) is 18.9 Å². The number of nitro benzene ring substituents is 1. The van der Waals surface area contributed by atoms with Crippen LogP contribution in [0.25, 0.3) is 0 Å². The van der Waals surface area contributed by atoms with E-state index in [-0.39, 0.29) is 28.9 Å². The van der Waals surface area contributed by atoms with Crippen LogP contribution in [-0.4, -0.2) is 49.2 Å². The molecule has 1 atom stereocenters. The first-order valence-corrected chi connectivity index (χ1v) is 7.95. The van der Waals surface area contributed by atoms with Gasteiger partial charge >= 0.3 is 5.97 Å². The number of esters is 1.